The molecule has 2 nitrogen and oxygen atoms in total. The number of nitrogens with one attached hydrogen (secondary N) is 1. The third kappa shape index (κ3) is 2.07. The lowest BCUT2D eigenvalue weighted by molar-refractivity contribution is 0.953. The summed E-state index contributed by atoms with van der Waals surface area (Å²) >= 11 is 3.71. The van der Waals surface area contributed by atoms with E-state index in [1.54, 1.807) is 0 Å². The lowest BCUT2D eigenvalue weighted by Gasteiger charge is -2.08. The van der Waals surface area contributed by atoms with Crippen molar-refractivity contribution in [3.63, 3.8) is 0 Å². The lowest BCUT2D eigenvalue weighted by atomic mass is 10.0. The molecule has 1 heterocycles. The largest absolute Gasteiger partial charge is 0.372 e. The summed E-state index contributed by atoms with van der Waals surface area (Å²) in [5, 5.41) is 5.84. The molecule has 1 N–H and O–H groups in total. The fourth-order valence-corrected chi connectivity index (χ4v) is 2.79. The van der Waals surface area contributed by atoms with Gasteiger partial charge in [0.25, 0.3) is 0 Å². The van der Waals surface area contributed by atoms with Crippen LogP contribution in [-0.2, 0) is 6.42 Å². The van der Waals surface area contributed by atoms with Crippen LogP contribution >= 0.6 is 15.9 Å². The maximum absolute atomic E-state index is 4.44. The number of aliphatic imine (C=N–C) groups is 1. The Kier molecular flexibility index (Phi) is 2.85. The molecule has 0 unspecified atom stereocenters. The molecular formula is C14H13BrN2. The molecule has 0 aromatic heterocycles. The van der Waals surface area contributed by atoms with Crippen LogP contribution in [0, 0.1) is 0 Å². The second-order valence-electron chi connectivity index (χ2n) is 4.19. The number of hydrogen-bond donors (Lipinski definition) is 1. The molecule has 86 valence electrons. The van der Waals surface area contributed by atoms with Crippen molar-refractivity contribution in [1.82, 2.24) is 5.32 Å². The van der Waals surface area contributed by atoms with Gasteiger partial charge in [0.2, 0.25) is 0 Å². The van der Waals surface area contributed by atoms with Crippen LogP contribution in [-0.4, -0.2) is 18.9 Å². The number of nitrogens with zero attached hydrogens (tertiary/aromatic N) is 1. The van der Waals surface area contributed by atoms with Crippen LogP contribution in [0.1, 0.15) is 5.56 Å². The van der Waals surface area contributed by atoms with Gasteiger partial charge in [-0.15, -0.1) is 0 Å². The van der Waals surface area contributed by atoms with Gasteiger partial charge < -0.3 is 5.32 Å². The van der Waals surface area contributed by atoms with Crippen LogP contribution in [0.5, 0.6) is 0 Å². The molecule has 0 aliphatic carbocycles. The molecule has 0 fully saturated rings. The Hall–Kier alpha value is -1.35. The minimum Gasteiger partial charge on any atom is -0.372 e. The summed E-state index contributed by atoms with van der Waals surface area (Å²) in [6, 6.07) is 12.8. The second-order valence-corrected chi connectivity index (χ2v) is 4.98. The normalized spacial score (nSPS) is 14.8. The molecule has 17 heavy (non-hydrogen) atoms. The van der Waals surface area contributed by atoms with Crippen molar-refractivity contribution in [1.29, 1.82) is 0 Å². The molecule has 2 aromatic carbocycles. The first-order chi connectivity index (χ1) is 8.34. The first kappa shape index (κ1) is 10.8. The van der Waals surface area contributed by atoms with Crippen molar-refractivity contribution in [2.24, 2.45) is 4.99 Å². The first-order valence-corrected chi connectivity index (χ1v) is 6.57. The van der Waals surface area contributed by atoms with Crippen molar-refractivity contribution < 1.29 is 0 Å². The Morgan fingerprint density at radius 3 is 2.88 bits per heavy atom. The van der Waals surface area contributed by atoms with E-state index in [0.717, 1.165) is 25.3 Å². The van der Waals surface area contributed by atoms with Gasteiger partial charge in [0.15, 0.2) is 0 Å². The minimum absolute atomic E-state index is 0.880. The van der Waals surface area contributed by atoms with Crippen LogP contribution in [0.4, 0.5) is 0 Å². The minimum atomic E-state index is 0.880. The van der Waals surface area contributed by atoms with Gasteiger partial charge in [0.05, 0.1) is 6.54 Å². The number of amidine groups is 1. The molecule has 0 atom stereocenters. The maximum atomic E-state index is 4.44. The zero-order valence-corrected chi connectivity index (χ0v) is 11.0. The topological polar surface area (TPSA) is 24.4 Å². The van der Waals surface area contributed by atoms with Crippen LogP contribution < -0.4 is 5.32 Å². The third-order valence-corrected chi connectivity index (χ3v) is 3.98. The van der Waals surface area contributed by atoms with Crippen molar-refractivity contribution in [2.45, 2.75) is 6.42 Å². The Bertz CT molecular complexity index is 590. The van der Waals surface area contributed by atoms with Gasteiger partial charge in [-0.3, -0.25) is 4.99 Å². The molecule has 0 saturated carbocycles. The Morgan fingerprint density at radius 1 is 1.18 bits per heavy atom. The third-order valence-electron chi connectivity index (χ3n) is 3.04. The van der Waals surface area contributed by atoms with Gasteiger partial charge in [-0.25, -0.2) is 0 Å². The molecule has 0 amide bonds. The van der Waals surface area contributed by atoms with E-state index in [2.05, 4.69) is 62.6 Å². The molecule has 2 aromatic rings. The van der Waals surface area contributed by atoms with E-state index in [9.17, 15) is 0 Å². The second kappa shape index (κ2) is 4.49. The molecule has 1 aliphatic heterocycles. The average Bonchev–Trinajstić information content (AvgIpc) is 2.86. The van der Waals surface area contributed by atoms with Crippen molar-refractivity contribution in [3.05, 3.63) is 46.4 Å². The van der Waals surface area contributed by atoms with Crippen LogP contribution in [0.3, 0.4) is 0 Å². The smallest absolute Gasteiger partial charge is 0.101 e. The van der Waals surface area contributed by atoms with E-state index in [4.69, 9.17) is 0 Å². The summed E-state index contributed by atoms with van der Waals surface area (Å²) in [5.74, 6) is 1.10. The predicted octanol–water partition coefficient (Wildman–Crippen LogP) is 3.15. The zero-order chi connectivity index (χ0) is 11.7. The fourth-order valence-electron chi connectivity index (χ4n) is 2.16. The van der Waals surface area contributed by atoms with Gasteiger partial charge in [-0.1, -0.05) is 36.4 Å². The van der Waals surface area contributed by atoms with E-state index in [1.807, 2.05) is 0 Å². The molecule has 1 aliphatic rings. The summed E-state index contributed by atoms with van der Waals surface area (Å²) < 4.78 is 1.19. The molecule has 0 spiro atoms. The van der Waals surface area contributed by atoms with E-state index < -0.39 is 0 Å². The summed E-state index contributed by atoms with van der Waals surface area (Å²) in [4.78, 5) is 4.44. The Morgan fingerprint density at radius 2 is 2.06 bits per heavy atom. The standard InChI is InChI=1S/C14H13BrN2/c15-14-11(9-13-16-7-8-17-13)6-5-10-3-1-2-4-12(10)14/h1-6H,7-9H2,(H,16,17). The molecule has 3 rings (SSSR count). The van der Waals surface area contributed by atoms with Gasteiger partial charge in [-0.05, 0) is 32.3 Å². The van der Waals surface area contributed by atoms with Crippen molar-refractivity contribution in [3.8, 4) is 0 Å². The quantitative estimate of drug-likeness (QED) is 0.902. The van der Waals surface area contributed by atoms with Crippen LogP contribution in [0.15, 0.2) is 45.9 Å². The molecule has 0 bridgehead atoms. The van der Waals surface area contributed by atoms with Gasteiger partial charge in [0.1, 0.15) is 5.84 Å². The number of hydrogen-bond acceptors (Lipinski definition) is 2. The lowest BCUT2D eigenvalue weighted by Crippen LogP contribution is -2.20. The first-order valence-electron chi connectivity index (χ1n) is 5.78. The number of benzene rings is 2. The maximum Gasteiger partial charge on any atom is 0.101 e. The summed E-state index contributed by atoms with van der Waals surface area (Å²) in [6.45, 7) is 1.88. The van der Waals surface area contributed by atoms with Crippen LogP contribution in [0.25, 0.3) is 10.8 Å². The predicted molar refractivity (Wildman–Crippen MR) is 75.7 cm³/mol. The number of fused-ring (bicyclic) bond motifs is 1. The summed E-state index contributed by atoms with van der Waals surface area (Å²) in [7, 11) is 0. The summed E-state index contributed by atoms with van der Waals surface area (Å²) in [5.41, 5.74) is 1.29. The van der Waals surface area contributed by atoms with Gasteiger partial charge >= 0.3 is 0 Å². The molecule has 3 heteroatoms. The monoisotopic (exact) mass is 288 g/mol. The number of rotatable bonds is 2. The molecular weight excluding hydrogens is 276 g/mol. The highest BCUT2D eigenvalue weighted by molar-refractivity contribution is 9.10. The zero-order valence-electron chi connectivity index (χ0n) is 9.41. The highest BCUT2D eigenvalue weighted by atomic mass is 79.9. The van der Waals surface area contributed by atoms with Crippen LogP contribution in [0.2, 0.25) is 0 Å². The van der Waals surface area contributed by atoms with E-state index in [1.165, 1.54) is 20.8 Å². The van der Waals surface area contributed by atoms with E-state index in [-0.39, 0.29) is 0 Å². The number of halogens is 1. The fraction of sp³-hybridized carbons (Fsp3) is 0.214. The highest BCUT2D eigenvalue weighted by Gasteiger charge is 2.10. The Labute approximate surface area is 109 Å². The van der Waals surface area contributed by atoms with E-state index >= 15 is 0 Å². The average molecular weight is 289 g/mol. The molecule has 0 radical (unpaired) electrons. The van der Waals surface area contributed by atoms with Gasteiger partial charge in [0, 0.05) is 17.4 Å². The molecule has 0 saturated heterocycles. The van der Waals surface area contributed by atoms with Gasteiger partial charge in [-0.2, -0.15) is 0 Å². The SMILES string of the molecule is Brc1c(CC2=NCCN2)ccc2ccccc12. The highest BCUT2D eigenvalue weighted by Crippen LogP contribution is 2.28. The van der Waals surface area contributed by atoms with E-state index in [0.29, 0.717) is 0 Å². The van der Waals surface area contributed by atoms with Crippen molar-refractivity contribution in [2.75, 3.05) is 13.1 Å². The Balaban J connectivity index is 2.02. The van der Waals surface area contributed by atoms with Crippen molar-refractivity contribution >= 4 is 32.5 Å². The summed E-state index contributed by atoms with van der Waals surface area (Å²) in [6.07, 6.45) is 0.880.